The molecule has 4 N–H and O–H groups in total. The smallest absolute Gasteiger partial charge is 0.241 e. The molecule has 0 fully saturated rings. The number of hydrogen-bond donors (Lipinski definition) is 4. The Kier molecular flexibility index (Phi) is 5.67. The second-order valence-corrected chi connectivity index (χ2v) is 4.94. The summed E-state index contributed by atoms with van der Waals surface area (Å²) in [6.45, 7) is 2.46. The standard InChI is InChI=1S/C14H22N4O4/c1-3-18-5-9(4-15-10(6-19)11(21)7-20)12-13(18)14(22-2)17-8-16-12/h5,8,10-11,15,19-21H,3-4,6-7H2,1-2H3/t10-,11-/m1/s1. The maximum Gasteiger partial charge on any atom is 0.241 e. The van der Waals surface area contributed by atoms with Gasteiger partial charge in [-0.15, -0.1) is 0 Å². The van der Waals surface area contributed by atoms with Crippen molar-refractivity contribution in [2.45, 2.75) is 32.2 Å². The van der Waals surface area contributed by atoms with Crippen LogP contribution in [0.15, 0.2) is 12.5 Å². The summed E-state index contributed by atoms with van der Waals surface area (Å²) in [5.41, 5.74) is 2.48. The van der Waals surface area contributed by atoms with E-state index in [4.69, 9.17) is 9.84 Å². The van der Waals surface area contributed by atoms with Crippen molar-refractivity contribution < 1.29 is 20.1 Å². The highest BCUT2D eigenvalue weighted by Gasteiger charge is 2.19. The van der Waals surface area contributed by atoms with E-state index in [2.05, 4.69) is 15.3 Å². The van der Waals surface area contributed by atoms with Crippen molar-refractivity contribution in [3.05, 3.63) is 18.1 Å². The topological polar surface area (TPSA) is 113 Å². The maximum absolute atomic E-state index is 9.62. The van der Waals surface area contributed by atoms with Gasteiger partial charge >= 0.3 is 0 Å². The fourth-order valence-corrected chi connectivity index (χ4v) is 2.39. The van der Waals surface area contributed by atoms with Crippen LogP contribution in [0.4, 0.5) is 0 Å². The van der Waals surface area contributed by atoms with Gasteiger partial charge in [0.2, 0.25) is 5.88 Å². The van der Waals surface area contributed by atoms with Gasteiger partial charge in [0.25, 0.3) is 0 Å². The second-order valence-electron chi connectivity index (χ2n) is 4.94. The molecule has 0 aromatic carbocycles. The summed E-state index contributed by atoms with van der Waals surface area (Å²) >= 11 is 0. The largest absolute Gasteiger partial charge is 0.479 e. The number of aliphatic hydroxyl groups is 3. The van der Waals surface area contributed by atoms with Gasteiger partial charge in [0.1, 0.15) is 17.4 Å². The van der Waals surface area contributed by atoms with E-state index < -0.39 is 18.8 Å². The van der Waals surface area contributed by atoms with Gasteiger partial charge in [0.05, 0.1) is 32.5 Å². The van der Waals surface area contributed by atoms with Gasteiger partial charge in [0, 0.05) is 24.8 Å². The van der Waals surface area contributed by atoms with Gasteiger partial charge in [0.15, 0.2) is 0 Å². The first-order chi connectivity index (χ1) is 10.7. The molecular formula is C14H22N4O4. The van der Waals surface area contributed by atoms with Crippen LogP contribution in [0.2, 0.25) is 0 Å². The van der Waals surface area contributed by atoms with Crippen molar-refractivity contribution in [1.82, 2.24) is 19.9 Å². The molecule has 122 valence electrons. The van der Waals surface area contributed by atoms with E-state index in [-0.39, 0.29) is 6.61 Å². The molecule has 2 heterocycles. The van der Waals surface area contributed by atoms with E-state index >= 15 is 0 Å². The average Bonchev–Trinajstić information content (AvgIpc) is 2.93. The maximum atomic E-state index is 9.62. The highest BCUT2D eigenvalue weighted by atomic mass is 16.5. The zero-order valence-electron chi connectivity index (χ0n) is 12.7. The summed E-state index contributed by atoms with van der Waals surface area (Å²) in [6, 6.07) is -0.603. The first-order valence-electron chi connectivity index (χ1n) is 7.16. The molecule has 0 aliphatic rings. The number of rotatable bonds is 8. The predicted molar refractivity (Wildman–Crippen MR) is 80.6 cm³/mol. The van der Waals surface area contributed by atoms with Crippen LogP contribution in [0.5, 0.6) is 5.88 Å². The Bertz CT molecular complexity index is 616. The highest BCUT2D eigenvalue weighted by molar-refractivity contribution is 5.83. The molecule has 0 spiro atoms. The molecule has 2 rings (SSSR count). The molecule has 0 aliphatic heterocycles. The summed E-state index contributed by atoms with van der Waals surface area (Å²) in [5.74, 6) is 0.507. The number of methoxy groups -OCH3 is 1. The van der Waals surface area contributed by atoms with E-state index in [1.165, 1.54) is 6.33 Å². The quantitative estimate of drug-likeness (QED) is 0.508. The van der Waals surface area contributed by atoms with Crippen LogP contribution in [-0.2, 0) is 13.1 Å². The number of aromatic nitrogens is 3. The van der Waals surface area contributed by atoms with Crippen molar-refractivity contribution in [2.75, 3.05) is 20.3 Å². The zero-order chi connectivity index (χ0) is 16.1. The number of fused-ring (bicyclic) bond motifs is 1. The zero-order valence-corrected chi connectivity index (χ0v) is 12.7. The van der Waals surface area contributed by atoms with Crippen LogP contribution in [-0.4, -0.2) is 62.3 Å². The van der Waals surface area contributed by atoms with Crippen LogP contribution in [0.3, 0.4) is 0 Å². The van der Waals surface area contributed by atoms with Gasteiger partial charge < -0.3 is 29.9 Å². The normalized spacial score (nSPS) is 14.2. The molecule has 2 atom stereocenters. The molecule has 0 saturated heterocycles. The highest BCUT2D eigenvalue weighted by Crippen LogP contribution is 2.26. The third kappa shape index (κ3) is 3.20. The molecule has 0 unspecified atom stereocenters. The molecular weight excluding hydrogens is 288 g/mol. The van der Waals surface area contributed by atoms with Gasteiger partial charge in [-0.1, -0.05) is 0 Å². The lowest BCUT2D eigenvalue weighted by molar-refractivity contribution is 0.0411. The molecule has 2 aromatic heterocycles. The Hall–Kier alpha value is -1.74. The summed E-state index contributed by atoms with van der Waals surface area (Å²) in [6.07, 6.45) is 2.36. The Morgan fingerprint density at radius 3 is 2.68 bits per heavy atom. The number of aryl methyl sites for hydroxylation is 1. The first-order valence-corrected chi connectivity index (χ1v) is 7.16. The van der Waals surface area contributed by atoms with Crippen LogP contribution in [0.1, 0.15) is 12.5 Å². The van der Waals surface area contributed by atoms with E-state index in [1.54, 1.807) is 7.11 Å². The monoisotopic (exact) mass is 310 g/mol. The van der Waals surface area contributed by atoms with Crippen molar-refractivity contribution in [2.24, 2.45) is 0 Å². The van der Waals surface area contributed by atoms with Crippen LogP contribution >= 0.6 is 0 Å². The van der Waals surface area contributed by atoms with Crippen molar-refractivity contribution in [3.8, 4) is 5.88 Å². The Labute approximate surface area is 128 Å². The SMILES string of the molecule is CCn1cc(CN[C@H](CO)[C@H](O)CO)c2ncnc(OC)c21. The molecule has 8 heteroatoms. The minimum Gasteiger partial charge on any atom is -0.479 e. The lowest BCUT2D eigenvalue weighted by atomic mass is 10.1. The van der Waals surface area contributed by atoms with E-state index in [0.29, 0.717) is 12.4 Å². The average molecular weight is 310 g/mol. The van der Waals surface area contributed by atoms with Crippen LogP contribution in [0, 0.1) is 0 Å². The number of nitrogens with one attached hydrogen (secondary N) is 1. The molecule has 0 saturated carbocycles. The second kappa shape index (κ2) is 7.50. The molecule has 0 aliphatic carbocycles. The van der Waals surface area contributed by atoms with Crippen molar-refractivity contribution in [1.29, 1.82) is 0 Å². The van der Waals surface area contributed by atoms with E-state index in [1.807, 2.05) is 17.7 Å². The number of aliphatic hydroxyl groups excluding tert-OH is 3. The molecule has 0 amide bonds. The Morgan fingerprint density at radius 1 is 1.32 bits per heavy atom. The Morgan fingerprint density at radius 2 is 2.09 bits per heavy atom. The van der Waals surface area contributed by atoms with Crippen LogP contribution < -0.4 is 10.1 Å². The fourth-order valence-electron chi connectivity index (χ4n) is 2.39. The minimum atomic E-state index is -1.02. The molecule has 22 heavy (non-hydrogen) atoms. The van der Waals surface area contributed by atoms with E-state index in [9.17, 15) is 10.2 Å². The number of nitrogens with zero attached hydrogens (tertiary/aromatic N) is 3. The summed E-state index contributed by atoms with van der Waals surface area (Å²) in [5, 5.41) is 30.9. The Balaban J connectivity index is 2.28. The van der Waals surface area contributed by atoms with Crippen molar-refractivity contribution >= 4 is 11.0 Å². The van der Waals surface area contributed by atoms with Gasteiger partial charge in [-0.3, -0.25) is 0 Å². The third-order valence-electron chi connectivity index (χ3n) is 3.63. The summed E-state index contributed by atoms with van der Waals surface area (Å²) in [7, 11) is 1.56. The molecule has 0 bridgehead atoms. The van der Waals surface area contributed by atoms with Crippen molar-refractivity contribution in [3.63, 3.8) is 0 Å². The van der Waals surface area contributed by atoms with Crippen LogP contribution in [0.25, 0.3) is 11.0 Å². The molecule has 8 nitrogen and oxygen atoms in total. The van der Waals surface area contributed by atoms with Gasteiger partial charge in [-0.05, 0) is 6.92 Å². The lowest BCUT2D eigenvalue weighted by Gasteiger charge is -2.20. The van der Waals surface area contributed by atoms with Gasteiger partial charge in [-0.25, -0.2) is 4.98 Å². The fraction of sp³-hybridized carbons (Fsp3) is 0.571. The lowest BCUT2D eigenvalue weighted by Crippen LogP contribution is -2.44. The summed E-state index contributed by atoms with van der Waals surface area (Å²) in [4.78, 5) is 8.41. The molecule has 2 aromatic rings. The molecule has 0 radical (unpaired) electrons. The number of hydrogen-bond acceptors (Lipinski definition) is 7. The first kappa shape index (κ1) is 16.6. The van der Waals surface area contributed by atoms with Gasteiger partial charge in [-0.2, -0.15) is 4.98 Å². The summed E-state index contributed by atoms with van der Waals surface area (Å²) < 4.78 is 7.27. The third-order valence-corrected chi connectivity index (χ3v) is 3.63. The minimum absolute atomic E-state index is 0.271. The van der Waals surface area contributed by atoms with E-state index in [0.717, 1.165) is 23.1 Å². The predicted octanol–water partition coefficient (Wildman–Crippen LogP) is -0.736. The number of ether oxygens (including phenoxy) is 1.